The zero-order valence-corrected chi connectivity index (χ0v) is 18.9. The van der Waals surface area contributed by atoms with E-state index in [9.17, 15) is 9.59 Å². The number of nitrogens with zero attached hydrogens (tertiary/aromatic N) is 2. The van der Waals surface area contributed by atoms with Crippen LogP contribution in [0.15, 0.2) is 53.0 Å². The summed E-state index contributed by atoms with van der Waals surface area (Å²) in [5.41, 5.74) is 3.69. The molecule has 0 atom stereocenters. The normalized spacial score (nSPS) is 10.6. The molecule has 5 nitrogen and oxygen atoms in total. The van der Waals surface area contributed by atoms with Gasteiger partial charge in [-0.3, -0.25) is 9.59 Å². The van der Waals surface area contributed by atoms with E-state index in [-0.39, 0.29) is 24.8 Å². The highest BCUT2D eigenvalue weighted by Crippen LogP contribution is 2.29. The molecule has 2 aromatic carbocycles. The maximum Gasteiger partial charge on any atom is 0.244 e. The van der Waals surface area contributed by atoms with Gasteiger partial charge in [0.1, 0.15) is 0 Å². The van der Waals surface area contributed by atoms with Crippen molar-refractivity contribution >= 4 is 44.8 Å². The monoisotopic (exact) mass is 471 g/mol. The van der Waals surface area contributed by atoms with Crippen molar-refractivity contribution < 1.29 is 9.59 Å². The summed E-state index contributed by atoms with van der Waals surface area (Å²) in [5.74, 6) is -0.365. The lowest BCUT2D eigenvalue weighted by atomic mass is 10.1. The molecule has 150 valence electrons. The van der Waals surface area contributed by atoms with E-state index in [1.807, 2.05) is 56.3 Å². The van der Waals surface area contributed by atoms with Gasteiger partial charge in [-0.1, -0.05) is 42.0 Å². The minimum absolute atomic E-state index is 0.0161. The standard InChI is InChI=1S/C22H22BrN3O2S/c1-14-8-10-16(11-9-14)22-19(29-15(2)24-22)12-21(28)26(3)13-20(27)25-18-7-5-4-6-17(18)23/h4-11H,12-13H2,1-3H3,(H,25,27). The summed E-state index contributed by atoms with van der Waals surface area (Å²) < 4.78 is 0.796. The summed E-state index contributed by atoms with van der Waals surface area (Å²) in [6.45, 7) is 3.96. The Hall–Kier alpha value is -2.51. The van der Waals surface area contributed by atoms with Crippen LogP contribution in [0.3, 0.4) is 0 Å². The third-order valence-electron chi connectivity index (χ3n) is 4.40. The van der Waals surface area contributed by atoms with Crippen LogP contribution in [-0.2, 0) is 16.0 Å². The van der Waals surface area contributed by atoms with E-state index in [0.717, 1.165) is 25.6 Å². The molecule has 7 heteroatoms. The van der Waals surface area contributed by atoms with Gasteiger partial charge in [0, 0.05) is 22.0 Å². The van der Waals surface area contributed by atoms with Gasteiger partial charge in [0.15, 0.2) is 0 Å². The first kappa shape index (κ1) is 21.2. The Morgan fingerprint density at radius 2 is 1.79 bits per heavy atom. The van der Waals surface area contributed by atoms with Crippen molar-refractivity contribution in [2.75, 3.05) is 18.9 Å². The van der Waals surface area contributed by atoms with Crippen molar-refractivity contribution in [1.82, 2.24) is 9.88 Å². The zero-order chi connectivity index (χ0) is 21.0. The molecule has 1 heterocycles. The number of para-hydroxylation sites is 1. The second-order valence-corrected chi connectivity index (χ2v) is 8.97. The number of likely N-dealkylation sites (N-methyl/N-ethyl adjacent to an activating group) is 1. The molecule has 0 fully saturated rings. The smallest absolute Gasteiger partial charge is 0.244 e. The molecule has 0 saturated carbocycles. The number of benzene rings is 2. The fourth-order valence-electron chi connectivity index (χ4n) is 2.85. The first-order valence-electron chi connectivity index (χ1n) is 9.15. The highest BCUT2D eigenvalue weighted by molar-refractivity contribution is 9.10. The quantitative estimate of drug-likeness (QED) is 0.559. The highest BCUT2D eigenvalue weighted by Gasteiger charge is 2.19. The second-order valence-electron chi connectivity index (χ2n) is 6.83. The molecule has 0 saturated heterocycles. The molecule has 0 bridgehead atoms. The van der Waals surface area contributed by atoms with Crippen molar-refractivity contribution in [3.8, 4) is 11.3 Å². The van der Waals surface area contributed by atoms with Crippen LogP contribution in [0.25, 0.3) is 11.3 Å². The van der Waals surface area contributed by atoms with Crippen LogP contribution < -0.4 is 5.32 Å². The number of rotatable bonds is 6. The topological polar surface area (TPSA) is 62.3 Å². The molecule has 3 rings (SSSR count). The highest BCUT2D eigenvalue weighted by atomic mass is 79.9. The predicted molar refractivity (Wildman–Crippen MR) is 121 cm³/mol. The molecule has 2 amide bonds. The SMILES string of the molecule is Cc1ccc(-c2nc(C)sc2CC(=O)N(C)CC(=O)Nc2ccccc2Br)cc1. The predicted octanol–water partition coefficient (Wildman–Crippen LogP) is 4.83. The van der Waals surface area contributed by atoms with E-state index in [4.69, 9.17) is 0 Å². The third kappa shape index (κ3) is 5.52. The molecule has 1 aromatic heterocycles. The maximum atomic E-state index is 12.7. The van der Waals surface area contributed by atoms with Gasteiger partial charge in [0.05, 0.1) is 29.4 Å². The van der Waals surface area contributed by atoms with Gasteiger partial charge < -0.3 is 10.2 Å². The van der Waals surface area contributed by atoms with Crippen LogP contribution in [-0.4, -0.2) is 35.3 Å². The summed E-state index contributed by atoms with van der Waals surface area (Å²) in [7, 11) is 1.64. The van der Waals surface area contributed by atoms with Gasteiger partial charge >= 0.3 is 0 Å². The minimum atomic E-state index is -0.244. The van der Waals surface area contributed by atoms with Crippen LogP contribution in [0.5, 0.6) is 0 Å². The number of carbonyl (C=O) groups excluding carboxylic acids is 2. The summed E-state index contributed by atoms with van der Waals surface area (Å²) in [5, 5.41) is 3.73. The Morgan fingerprint density at radius 1 is 1.10 bits per heavy atom. The number of hydrogen-bond acceptors (Lipinski definition) is 4. The average molecular weight is 472 g/mol. The number of aromatic nitrogens is 1. The lowest BCUT2D eigenvalue weighted by Gasteiger charge is -2.17. The van der Waals surface area contributed by atoms with Crippen molar-refractivity contribution in [3.63, 3.8) is 0 Å². The van der Waals surface area contributed by atoms with Gasteiger partial charge in [-0.25, -0.2) is 4.98 Å². The summed E-state index contributed by atoms with van der Waals surface area (Å²) in [6.07, 6.45) is 0.216. The fraction of sp³-hybridized carbons (Fsp3) is 0.227. The van der Waals surface area contributed by atoms with Gasteiger partial charge in [-0.05, 0) is 41.9 Å². The lowest BCUT2D eigenvalue weighted by Crippen LogP contribution is -2.35. The average Bonchev–Trinajstić information content (AvgIpc) is 3.04. The molecule has 0 radical (unpaired) electrons. The van der Waals surface area contributed by atoms with Crippen LogP contribution in [0.4, 0.5) is 5.69 Å². The Balaban J connectivity index is 1.66. The maximum absolute atomic E-state index is 12.7. The molecular weight excluding hydrogens is 450 g/mol. The third-order valence-corrected chi connectivity index (χ3v) is 6.06. The van der Waals surface area contributed by atoms with Crippen LogP contribution in [0.1, 0.15) is 15.4 Å². The number of anilines is 1. The summed E-state index contributed by atoms with van der Waals surface area (Å²) in [4.78, 5) is 32.0. The van der Waals surface area contributed by atoms with E-state index in [1.165, 1.54) is 21.8 Å². The summed E-state index contributed by atoms with van der Waals surface area (Å²) >= 11 is 4.92. The van der Waals surface area contributed by atoms with E-state index < -0.39 is 0 Å². The molecule has 3 aromatic rings. The molecule has 1 N–H and O–H groups in total. The second kappa shape index (κ2) is 9.33. The lowest BCUT2D eigenvalue weighted by molar-refractivity contribution is -0.132. The Kier molecular flexibility index (Phi) is 6.82. The van der Waals surface area contributed by atoms with Crippen LogP contribution in [0, 0.1) is 13.8 Å². The Bertz CT molecular complexity index is 1030. The van der Waals surface area contributed by atoms with Crippen LogP contribution >= 0.6 is 27.3 Å². The van der Waals surface area contributed by atoms with Gasteiger partial charge in [-0.15, -0.1) is 11.3 Å². The number of halogens is 1. The van der Waals surface area contributed by atoms with Gasteiger partial charge in [0.25, 0.3) is 0 Å². The van der Waals surface area contributed by atoms with Gasteiger partial charge in [0.2, 0.25) is 11.8 Å². The van der Waals surface area contributed by atoms with Gasteiger partial charge in [-0.2, -0.15) is 0 Å². The van der Waals surface area contributed by atoms with Crippen molar-refractivity contribution in [1.29, 1.82) is 0 Å². The van der Waals surface area contributed by atoms with E-state index in [0.29, 0.717) is 5.69 Å². The molecule has 29 heavy (non-hydrogen) atoms. The molecular formula is C22H22BrN3O2S. The number of hydrogen-bond donors (Lipinski definition) is 1. The minimum Gasteiger partial charge on any atom is -0.336 e. The number of amides is 2. The van der Waals surface area contributed by atoms with E-state index in [1.54, 1.807) is 13.1 Å². The largest absolute Gasteiger partial charge is 0.336 e. The fourth-order valence-corrected chi connectivity index (χ4v) is 4.19. The molecule has 0 aliphatic carbocycles. The van der Waals surface area contributed by atoms with Crippen molar-refractivity contribution in [2.24, 2.45) is 0 Å². The summed E-state index contributed by atoms with van der Waals surface area (Å²) in [6, 6.07) is 15.5. The van der Waals surface area contributed by atoms with E-state index >= 15 is 0 Å². The van der Waals surface area contributed by atoms with Crippen molar-refractivity contribution in [2.45, 2.75) is 20.3 Å². The molecule has 0 aliphatic rings. The first-order chi connectivity index (χ1) is 13.8. The van der Waals surface area contributed by atoms with Crippen LogP contribution in [0.2, 0.25) is 0 Å². The molecule has 0 aliphatic heterocycles. The molecule has 0 unspecified atom stereocenters. The number of carbonyl (C=O) groups is 2. The Labute approximate surface area is 182 Å². The number of nitrogens with one attached hydrogen (secondary N) is 1. The first-order valence-corrected chi connectivity index (χ1v) is 10.8. The zero-order valence-electron chi connectivity index (χ0n) is 16.5. The number of thiazole rings is 1. The Morgan fingerprint density at radius 3 is 2.48 bits per heavy atom. The molecule has 0 spiro atoms. The van der Waals surface area contributed by atoms with E-state index in [2.05, 4.69) is 26.2 Å². The van der Waals surface area contributed by atoms with Crippen molar-refractivity contribution in [3.05, 3.63) is 68.5 Å². The number of aryl methyl sites for hydroxylation is 2.